The first kappa shape index (κ1) is 16.4. The molecule has 74 valence electrons. The van der Waals surface area contributed by atoms with Gasteiger partial charge in [-0.3, -0.25) is 4.79 Å². The van der Waals surface area contributed by atoms with Crippen LogP contribution in [0.4, 0.5) is 0 Å². The molecule has 0 spiro atoms. The van der Waals surface area contributed by atoms with Crippen LogP contribution in [0.1, 0.15) is 45.4 Å². The van der Waals surface area contributed by atoms with Crippen LogP contribution in [-0.4, -0.2) is 45.5 Å². The van der Waals surface area contributed by atoms with Crippen LogP contribution in [0.3, 0.4) is 0 Å². The molecule has 1 unspecified atom stereocenters. The third-order valence-electron chi connectivity index (χ3n) is 1.83. The fourth-order valence-electron chi connectivity index (χ4n) is 1.05. The van der Waals surface area contributed by atoms with Gasteiger partial charge in [0.15, 0.2) is 0 Å². The van der Waals surface area contributed by atoms with Crippen molar-refractivity contribution in [2.75, 3.05) is 0 Å². The van der Waals surface area contributed by atoms with Crippen molar-refractivity contribution in [2.45, 2.75) is 50.3 Å². The summed E-state index contributed by atoms with van der Waals surface area (Å²) < 4.78 is 0. The molecule has 0 heterocycles. The van der Waals surface area contributed by atoms with Gasteiger partial charge in [0.05, 0.1) is 0 Å². The summed E-state index contributed by atoms with van der Waals surface area (Å²) in [6.45, 7) is 2.17. The molecule has 0 fully saturated rings. The van der Waals surface area contributed by atoms with Gasteiger partial charge < -0.3 is 5.11 Å². The molecular formula is C9H18BrNaO2. The van der Waals surface area contributed by atoms with Crippen molar-refractivity contribution in [1.82, 2.24) is 0 Å². The first-order valence-corrected chi connectivity index (χ1v) is 5.47. The van der Waals surface area contributed by atoms with Gasteiger partial charge in [-0.05, 0) is 6.42 Å². The van der Waals surface area contributed by atoms with Crippen LogP contribution in [0.5, 0.6) is 0 Å². The third-order valence-corrected chi connectivity index (χ3v) is 2.68. The minimum absolute atomic E-state index is 0. The molecule has 0 aromatic rings. The van der Waals surface area contributed by atoms with Gasteiger partial charge in [-0.1, -0.05) is 55.0 Å². The average Bonchev–Trinajstić information content (AvgIpc) is 2.03. The second kappa shape index (κ2) is 11.0. The fourth-order valence-corrected chi connectivity index (χ4v) is 1.37. The number of hydrogen-bond acceptors (Lipinski definition) is 1. The van der Waals surface area contributed by atoms with Crippen molar-refractivity contribution >= 4 is 51.5 Å². The molecule has 0 aliphatic rings. The summed E-state index contributed by atoms with van der Waals surface area (Å²) in [6.07, 6.45) is 6.65. The van der Waals surface area contributed by atoms with E-state index in [1.165, 1.54) is 19.3 Å². The topological polar surface area (TPSA) is 37.3 Å². The predicted molar refractivity (Wildman–Crippen MR) is 60.9 cm³/mol. The van der Waals surface area contributed by atoms with E-state index in [0.717, 1.165) is 19.3 Å². The third kappa shape index (κ3) is 10.9. The molecule has 0 rings (SSSR count). The average molecular weight is 261 g/mol. The van der Waals surface area contributed by atoms with Gasteiger partial charge in [0, 0.05) is 0 Å². The number of halogens is 1. The second-order valence-electron chi connectivity index (χ2n) is 3.01. The van der Waals surface area contributed by atoms with E-state index >= 15 is 0 Å². The van der Waals surface area contributed by atoms with Crippen molar-refractivity contribution in [3.63, 3.8) is 0 Å². The predicted octanol–water partition coefficient (Wildman–Crippen LogP) is 2.55. The normalized spacial score (nSPS) is 11.8. The SMILES string of the molecule is CCCCCCCC(Br)C(=O)O.[NaH]. The van der Waals surface area contributed by atoms with Gasteiger partial charge >= 0.3 is 35.5 Å². The first-order valence-electron chi connectivity index (χ1n) is 4.55. The van der Waals surface area contributed by atoms with Crippen molar-refractivity contribution in [3.05, 3.63) is 0 Å². The zero-order valence-electron chi connectivity index (χ0n) is 7.55. The van der Waals surface area contributed by atoms with E-state index in [-0.39, 0.29) is 34.4 Å². The number of alkyl halides is 1. The summed E-state index contributed by atoms with van der Waals surface area (Å²) in [5, 5.41) is 8.54. The number of hydrogen-bond donors (Lipinski definition) is 1. The van der Waals surface area contributed by atoms with Crippen molar-refractivity contribution < 1.29 is 9.90 Å². The van der Waals surface area contributed by atoms with E-state index in [1.807, 2.05) is 0 Å². The molecule has 4 heteroatoms. The Morgan fingerprint density at radius 1 is 1.31 bits per heavy atom. The van der Waals surface area contributed by atoms with Crippen LogP contribution in [0.2, 0.25) is 0 Å². The maximum absolute atomic E-state index is 10.4. The summed E-state index contributed by atoms with van der Waals surface area (Å²) in [5.74, 6) is -0.745. The minimum atomic E-state index is -0.745. The second-order valence-corrected chi connectivity index (χ2v) is 4.11. The summed E-state index contributed by atoms with van der Waals surface area (Å²) >= 11 is 3.11. The fraction of sp³-hybridized carbons (Fsp3) is 0.889. The van der Waals surface area contributed by atoms with Crippen molar-refractivity contribution in [1.29, 1.82) is 0 Å². The van der Waals surface area contributed by atoms with Crippen molar-refractivity contribution in [3.8, 4) is 0 Å². The van der Waals surface area contributed by atoms with E-state index < -0.39 is 5.97 Å². The molecule has 0 aromatic carbocycles. The Bertz CT molecular complexity index is 131. The standard InChI is InChI=1S/C9H17BrO2.Na.H/c1-2-3-4-5-6-7-8(10)9(11)12;;/h8H,2-7H2,1H3,(H,11,12);;. The molecule has 13 heavy (non-hydrogen) atoms. The molecule has 0 saturated heterocycles. The van der Waals surface area contributed by atoms with Gasteiger partial charge in [0.1, 0.15) is 4.83 Å². The van der Waals surface area contributed by atoms with Crippen LogP contribution >= 0.6 is 15.9 Å². The van der Waals surface area contributed by atoms with Gasteiger partial charge in [0.2, 0.25) is 0 Å². The Balaban J connectivity index is 0. The van der Waals surface area contributed by atoms with E-state index in [4.69, 9.17) is 5.11 Å². The molecule has 2 nitrogen and oxygen atoms in total. The molecule has 0 aromatic heterocycles. The van der Waals surface area contributed by atoms with E-state index in [2.05, 4.69) is 22.9 Å². The maximum atomic E-state index is 10.4. The number of unbranched alkanes of at least 4 members (excludes halogenated alkanes) is 4. The van der Waals surface area contributed by atoms with E-state index in [1.54, 1.807) is 0 Å². The number of aliphatic carboxylic acids is 1. The number of carbonyl (C=O) groups is 1. The Labute approximate surface area is 111 Å². The molecule has 0 bridgehead atoms. The molecule has 0 amide bonds. The van der Waals surface area contributed by atoms with E-state index in [9.17, 15) is 4.79 Å². The molecule has 0 aliphatic heterocycles. The Hall–Kier alpha value is 0.950. The summed E-state index contributed by atoms with van der Waals surface area (Å²) in [6, 6.07) is 0. The van der Waals surface area contributed by atoms with Gasteiger partial charge in [-0.25, -0.2) is 0 Å². The zero-order chi connectivity index (χ0) is 9.40. The first-order chi connectivity index (χ1) is 5.68. The summed E-state index contributed by atoms with van der Waals surface area (Å²) in [5.41, 5.74) is 0. The molecular weight excluding hydrogens is 243 g/mol. The number of carboxylic acid groups (broad SMARTS) is 1. The van der Waals surface area contributed by atoms with Crippen LogP contribution < -0.4 is 0 Å². The number of rotatable bonds is 7. The Morgan fingerprint density at radius 3 is 2.31 bits per heavy atom. The van der Waals surface area contributed by atoms with Crippen LogP contribution in [-0.2, 0) is 4.79 Å². The van der Waals surface area contributed by atoms with Crippen LogP contribution in [0.25, 0.3) is 0 Å². The zero-order valence-corrected chi connectivity index (χ0v) is 9.14. The molecule has 0 radical (unpaired) electrons. The van der Waals surface area contributed by atoms with Gasteiger partial charge in [-0.2, -0.15) is 0 Å². The number of carboxylic acids is 1. The van der Waals surface area contributed by atoms with Crippen LogP contribution in [0.15, 0.2) is 0 Å². The molecule has 1 N–H and O–H groups in total. The van der Waals surface area contributed by atoms with Gasteiger partial charge in [0.25, 0.3) is 0 Å². The Kier molecular flexibility index (Phi) is 13.9. The van der Waals surface area contributed by atoms with Crippen molar-refractivity contribution in [2.24, 2.45) is 0 Å². The molecule has 0 aliphatic carbocycles. The molecule has 0 saturated carbocycles. The summed E-state index contributed by atoms with van der Waals surface area (Å²) in [4.78, 5) is 10.0. The van der Waals surface area contributed by atoms with Gasteiger partial charge in [-0.15, -0.1) is 0 Å². The monoisotopic (exact) mass is 260 g/mol. The molecule has 1 atom stereocenters. The van der Waals surface area contributed by atoms with E-state index in [0.29, 0.717) is 0 Å². The summed E-state index contributed by atoms with van der Waals surface area (Å²) in [7, 11) is 0. The quantitative estimate of drug-likeness (QED) is 0.434. The Morgan fingerprint density at radius 2 is 1.85 bits per heavy atom. The van der Waals surface area contributed by atoms with Crippen LogP contribution in [0, 0.1) is 0 Å².